The van der Waals surface area contributed by atoms with Gasteiger partial charge in [-0.25, -0.2) is 4.68 Å². The molecule has 11 heteroatoms. The summed E-state index contributed by atoms with van der Waals surface area (Å²) in [5.41, 5.74) is 1.47. The molecule has 0 spiro atoms. The summed E-state index contributed by atoms with van der Waals surface area (Å²) in [4.78, 5) is 15.4. The highest BCUT2D eigenvalue weighted by atomic mass is 32.1. The molecule has 0 aliphatic carbocycles. The van der Waals surface area contributed by atoms with Gasteiger partial charge in [-0.15, -0.1) is 11.3 Å². The van der Waals surface area contributed by atoms with Crippen LogP contribution in [0.25, 0.3) is 11.3 Å². The molecule has 3 rings (SSSR count). The van der Waals surface area contributed by atoms with Gasteiger partial charge in [0.1, 0.15) is 16.4 Å². The van der Waals surface area contributed by atoms with Crippen molar-refractivity contribution in [2.24, 2.45) is 10.1 Å². The maximum atomic E-state index is 10.8. The zero-order chi connectivity index (χ0) is 21.5. The molecule has 158 valence electrons. The summed E-state index contributed by atoms with van der Waals surface area (Å²) in [6.07, 6.45) is 1.39. The minimum absolute atomic E-state index is 0.242. The molecular formula is C19H20N4O6S. The fourth-order valence-corrected chi connectivity index (χ4v) is 3.43. The van der Waals surface area contributed by atoms with Gasteiger partial charge in [-0.05, 0) is 24.3 Å². The van der Waals surface area contributed by atoms with E-state index >= 15 is 0 Å². The average molecular weight is 432 g/mol. The SMILES string of the molecule is COCCN=c1scc(-c2cc(OC)ccc2OC)n1/N=C/c1ccc([N+](=O)[O-])o1. The molecule has 0 saturated carbocycles. The van der Waals surface area contributed by atoms with E-state index in [2.05, 4.69) is 10.1 Å². The highest BCUT2D eigenvalue weighted by Crippen LogP contribution is 2.33. The first-order chi connectivity index (χ1) is 14.6. The van der Waals surface area contributed by atoms with Crippen LogP contribution < -0.4 is 14.3 Å². The molecule has 2 aromatic heterocycles. The Morgan fingerprint density at radius 1 is 1.23 bits per heavy atom. The van der Waals surface area contributed by atoms with Crippen LogP contribution >= 0.6 is 11.3 Å². The lowest BCUT2D eigenvalue weighted by molar-refractivity contribution is -0.402. The first kappa shape index (κ1) is 21.3. The predicted octanol–water partition coefficient (Wildman–Crippen LogP) is 3.16. The van der Waals surface area contributed by atoms with E-state index in [0.29, 0.717) is 35.1 Å². The summed E-state index contributed by atoms with van der Waals surface area (Å²) in [6, 6.07) is 8.19. The van der Waals surface area contributed by atoms with E-state index in [1.807, 2.05) is 11.4 Å². The molecule has 0 fully saturated rings. The average Bonchev–Trinajstić information content (AvgIpc) is 3.39. The van der Waals surface area contributed by atoms with Crippen molar-refractivity contribution in [3.63, 3.8) is 0 Å². The van der Waals surface area contributed by atoms with Crippen LogP contribution in [0.2, 0.25) is 0 Å². The van der Waals surface area contributed by atoms with Crippen LogP contribution in [0.15, 0.2) is 50.2 Å². The maximum Gasteiger partial charge on any atom is 0.433 e. The van der Waals surface area contributed by atoms with Gasteiger partial charge in [-0.2, -0.15) is 5.10 Å². The lowest BCUT2D eigenvalue weighted by Crippen LogP contribution is -2.14. The van der Waals surface area contributed by atoms with E-state index in [0.717, 1.165) is 5.56 Å². The van der Waals surface area contributed by atoms with Gasteiger partial charge in [-0.1, -0.05) is 0 Å². The van der Waals surface area contributed by atoms with Crippen molar-refractivity contribution in [3.05, 3.63) is 56.4 Å². The van der Waals surface area contributed by atoms with Gasteiger partial charge in [-0.3, -0.25) is 15.1 Å². The number of hydrogen-bond acceptors (Lipinski definition) is 9. The van der Waals surface area contributed by atoms with Crippen LogP contribution in [0.5, 0.6) is 11.5 Å². The van der Waals surface area contributed by atoms with Crippen LogP contribution in [-0.4, -0.2) is 50.3 Å². The minimum atomic E-state index is -0.604. The van der Waals surface area contributed by atoms with Crippen molar-refractivity contribution < 1.29 is 23.6 Å². The van der Waals surface area contributed by atoms with E-state index in [-0.39, 0.29) is 11.6 Å². The number of nitrogens with zero attached hydrogens (tertiary/aromatic N) is 4. The molecule has 0 bridgehead atoms. The molecule has 0 N–H and O–H groups in total. The zero-order valence-corrected chi connectivity index (χ0v) is 17.4. The summed E-state index contributed by atoms with van der Waals surface area (Å²) in [6.45, 7) is 0.914. The number of aromatic nitrogens is 1. The Kier molecular flexibility index (Phi) is 6.99. The maximum absolute atomic E-state index is 10.8. The molecule has 0 amide bonds. The van der Waals surface area contributed by atoms with Crippen LogP contribution in [-0.2, 0) is 4.74 Å². The molecule has 2 heterocycles. The highest BCUT2D eigenvalue weighted by Gasteiger charge is 2.15. The molecule has 0 aliphatic rings. The molecule has 30 heavy (non-hydrogen) atoms. The number of rotatable bonds is 9. The first-order valence-corrected chi connectivity index (χ1v) is 9.66. The molecule has 10 nitrogen and oxygen atoms in total. The molecule has 0 saturated heterocycles. The first-order valence-electron chi connectivity index (χ1n) is 8.78. The number of nitro groups is 1. The van der Waals surface area contributed by atoms with Gasteiger partial charge in [0.25, 0.3) is 0 Å². The standard InChI is InChI=1S/C19H20N4O6S/c1-26-9-8-20-19-22(21-11-14-5-7-18(29-14)23(24)25)16(12-30-19)15-10-13(27-2)4-6-17(15)28-3/h4-7,10-12H,8-9H2,1-3H3/b20-19?,21-11+. The highest BCUT2D eigenvalue weighted by molar-refractivity contribution is 7.07. The van der Waals surface area contributed by atoms with E-state index in [1.165, 1.54) is 29.7 Å². The van der Waals surface area contributed by atoms with Crippen molar-refractivity contribution in [1.82, 2.24) is 4.68 Å². The Bertz CT molecular complexity index is 1110. The molecular weight excluding hydrogens is 412 g/mol. The molecule has 0 aliphatic heterocycles. The summed E-state index contributed by atoms with van der Waals surface area (Å²) in [7, 11) is 4.77. The number of hydrogen-bond donors (Lipinski definition) is 0. The Morgan fingerprint density at radius 2 is 2.07 bits per heavy atom. The Balaban J connectivity index is 2.09. The van der Waals surface area contributed by atoms with Crippen LogP contribution in [0.3, 0.4) is 0 Å². The molecule has 0 atom stereocenters. The number of ether oxygens (including phenoxy) is 3. The van der Waals surface area contributed by atoms with E-state index in [9.17, 15) is 10.1 Å². The van der Waals surface area contributed by atoms with Crippen LogP contribution in [0.1, 0.15) is 5.76 Å². The lowest BCUT2D eigenvalue weighted by Gasteiger charge is -2.10. The van der Waals surface area contributed by atoms with Gasteiger partial charge in [0.15, 0.2) is 5.76 Å². The number of furan rings is 1. The van der Waals surface area contributed by atoms with Crippen molar-refractivity contribution in [2.75, 3.05) is 34.5 Å². The topological polar surface area (TPSA) is 114 Å². The largest absolute Gasteiger partial charge is 0.497 e. The third-order valence-electron chi connectivity index (χ3n) is 4.00. The minimum Gasteiger partial charge on any atom is -0.497 e. The lowest BCUT2D eigenvalue weighted by atomic mass is 10.1. The van der Waals surface area contributed by atoms with Gasteiger partial charge in [0.2, 0.25) is 4.80 Å². The smallest absolute Gasteiger partial charge is 0.433 e. The fraction of sp³-hybridized carbons (Fsp3) is 0.263. The van der Waals surface area contributed by atoms with Crippen LogP contribution in [0, 0.1) is 10.1 Å². The summed E-state index contributed by atoms with van der Waals surface area (Å²) >= 11 is 1.39. The summed E-state index contributed by atoms with van der Waals surface area (Å²) < 4.78 is 22.7. The van der Waals surface area contributed by atoms with Crippen LogP contribution in [0.4, 0.5) is 5.88 Å². The molecule has 1 aromatic carbocycles. The van der Waals surface area contributed by atoms with Gasteiger partial charge >= 0.3 is 5.88 Å². The Labute approximate surface area is 175 Å². The Hall–Kier alpha value is -3.44. The second-order valence-electron chi connectivity index (χ2n) is 5.83. The normalized spacial score (nSPS) is 11.9. The number of benzene rings is 1. The van der Waals surface area contributed by atoms with Gasteiger partial charge < -0.3 is 18.6 Å². The molecule has 0 radical (unpaired) electrons. The fourth-order valence-electron chi connectivity index (χ4n) is 2.58. The quantitative estimate of drug-likeness (QED) is 0.222. The number of methoxy groups -OCH3 is 3. The Morgan fingerprint density at radius 3 is 2.73 bits per heavy atom. The third-order valence-corrected chi connectivity index (χ3v) is 4.86. The van der Waals surface area contributed by atoms with E-state index < -0.39 is 4.92 Å². The van der Waals surface area contributed by atoms with Gasteiger partial charge in [0.05, 0.1) is 45.3 Å². The van der Waals surface area contributed by atoms with E-state index in [4.69, 9.17) is 18.6 Å². The molecule has 3 aromatic rings. The monoisotopic (exact) mass is 432 g/mol. The van der Waals surface area contributed by atoms with E-state index in [1.54, 1.807) is 38.1 Å². The second-order valence-corrected chi connectivity index (χ2v) is 6.67. The van der Waals surface area contributed by atoms with Crippen molar-refractivity contribution in [2.45, 2.75) is 0 Å². The van der Waals surface area contributed by atoms with Crippen molar-refractivity contribution in [3.8, 4) is 22.8 Å². The van der Waals surface area contributed by atoms with Crippen molar-refractivity contribution in [1.29, 1.82) is 0 Å². The van der Waals surface area contributed by atoms with Crippen molar-refractivity contribution >= 4 is 23.4 Å². The third kappa shape index (κ3) is 4.75. The molecule has 0 unspecified atom stereocenters. The number of thiazole rings is 1. The summed E-state index contributed by atoms with van der Waals surface area (Å²) in [5.74, 6) is 1.18. The summed E-state index contributed by atoms with van der Waals surface area (Å²) in [5, 5.41) is 17.2. The second kappa shape index (κ2) is 9.85. The van der Waals surface area contributed by atoms with Gasteiger partial charge in [0, 0.05) is 18.1 Å². The predicted molar refractivity (Wildman–Crippen MR) is 112 cm³/mol. The zero-order valence-electron chi connectivity index (χ0n) is 16.6.